The van der Waals surface area contributed by atoms with Crippen molar-refractivity contribution < 1.29 is 23.8 Å². The first-order valence-corrected chi connectivity index (χ1v) is 9.98. The van der Waals surface area contributed by atoms with E-state index in [0.29, 0.717) is 37.1 Å². The fraction of sp³-hybridized carbons (Fsp3) is 0.619. The molecule has 1 atom stereocenters. The molecule has 5 nitrogen and oxygen atoms in total. The summed E-state index contributed by atoms with van der Waals surface area (Å²) in [5.74, 6) is -2.73. The van der Waals surface area contributed by atoms with Gasteiger partial charge >= 0.3 is 12.1 Å². The number of carbonyl (C=O) groups excluding carboxylic acids is 1. The Bertz CT molecular complexity index is 737. The molecule has 0 bridgehead atoms. The molecular formula is C21H29ClFNO4. The molecule has 1 heterocycles. The maximum absolute atomic E-state index is 14.3. The van der Waals surface area contributed by atoms with E-state index < -0.39 is 29.4 Å². The van der Waals surface area contributed by atoms with E-state index in [-0.39, 0.29) is 16.9 Å². The van der Waals surface area contributed by atoms with E-state index in [0.717, 1.165) is 0 Å². The maximum Gasteiger partial charge on any atom is 0.410 e. The van der Waals surface area contributed by atoms with Crippen LogP contribution in [0, 0.1) is 11.7 Å². The van der Waals surface area contributed by atoms with Crippen molar-refractivity contribution in [3.63, 3.8) is 0 Å². The number of rotatable bonds is 4. The van der Waals surface area contributed by atoms with E-state index in [1.807, 2.05) is 13.8 Å². The Morgan fingerprint density at radius 2 is 1.82 bits per heavy atom. The zero-order valence-corrected chi connectivity index (χ0v) is 17.8. The summed E-state index contributed by atoms with van der Waals surface area (Å²) in [6.45, 7) is 10.0. The van der Waals surface area contributed by atoms with Gasteiger partial charge in [0.25, 0.3) is 0 Å². The Kier molecular flexibility index (Phi) is 6.97. The minimum absolute atomic E-state index is 0.0500. The predicted molar refractivity (Wildman–Crippen MR) is 106 cm³/mol. The predicted octanol–water partition coefficient (Wildman–Crippen LogP) is 5.42. The number of amides is 1. The normalized spacial score (nSPS) is 16.9. The number of hydrogen-bond acceptors (Lipinski definition) is 3. The summed E-state index contributed by atoms with van der Waals surface area (Å²) in [5.41, 5.74) is 0.447. The summed E-state index contributed by atoms with van der Waals surface area (Å²) in [7, 11) is 0. The van der Waals surface area contributed by atoms with Crippen LogP contribution >= 0.6 is 11.6 Å². The van der Waals surface area contributed by atoms with E-state index in [2.05, 4.69) is 0 Å². The van der Waals surface area contributed by atoms with Gasteiger partial charge in [-0.05, 0) is 62.6 Å². The number of aliphatic carboxylic acids is 1. The highest BCUT2D eigenvalue weighted by atomic mass is 35.5. The number of nitrogens with zero attached hydrogens (tertiary/aromatic N) is 1. The number of carbonyl (C=O) groups is 2. The van der Waals surface area contributed by atoms with Crippen LogP contribution in [-0.2, 0) is 9.53 Å². The lowest BCUT2D eigenvalue weighted by atomic mass is 9.79. The minimum Gasteiger partial charge on any atom is -0.481 e. The van der Waals surface area contributed by atoms with E-state index in [1.165, 1.54) is 6.07 Å². The first-order valence-electron chi connectivity index (χ1n) is 9.60. The second kappa shape index (κ2) is 8.68. The molecule has 1 amide bonds. The Hall–Kier alpha value is -1.82. The van der Waals surface area contributed by atoms with Crippen molar-refractivity contribution in [2.24, 2.45) is 5.92 Å². The molecule has 28 heavy (non-hydrogen) atoms. The third-order valence-corrected chi connectivity index (χ3v) is 5.41. The van der Waals surface area contributed by atoms with Crippen LogP contribution in [0.1, 0.15) is 70.4 Å². The number of hydrogen-bond donors (Lipinski definition) is 1. The van der Waals surface area contributed by atoms with Crippen LogP contribution in [-0.4, -0.2) is 40.8 Å². The van der Waals surface area contributed by atoms with Crippen LogP contribution in [0.15, 0.2) is 12.1 Å². The zero-order chi connectivity index (χ0) is 21.2. The summed E-state index contributed by atoms with van der Waals surface area (Å²) in [5, 5.41) is 9.73. The van der Waals surface area contributed by atoms with Crippen LogP contribution in [0.3, 0.4) is 0 Å². The number of halogens is 2. The Labute approximate surface area is 170 Å². The van der Waals surface area contributed by atoms with Crippen molar-refractivity contribution in [2.75, 3.05) is 13.1 Å². The van der Waals surface area contributed by atoms with Crippen molar-refractivity contribution in [2.45, 2.75) is 64.9 Å². The molecule has 0 saturated carbocycles. The van der Waals surface area contributed by atoms with E-state index in [9.17, 15) is 19.1 Å². The van der Waals surface area contributed by atoms with Crippen molar-refractivity contribution in [1.82, 2.24) is 4.90 Å². The molecule has 1 saturated heterocycles. The Morgan fingerprint density at radius 3 is 2.29 bits per heavy atom. The third-order valence-electron chi connectivity index (χ3n) is 5.01. The van der Waals surface area contributed by atoms with Gasteiger partial charge in [-0.2, -0.15) is 0 Å². The van der Waals surface area contributed by atoms with Gasteiger partial charge in [0.05, 0.1) is 10.9 Å². The maximum atomic E-state index is 14.3. The smallest absolute Gasteiger partial charge is 0.410 e. The molecule has 1 N–H and O–H groups in total. The van der Waals surface area contributed by atoms with Gasteiger partial charge in [0.15, 0.2) is 0 Å². The lowest BCUT2D eigenvalue weighted by Gasteiger charge is -2.36. The Morgan fingerprint density at radius 1 is 1.25 bits per heavy atom. The molecule has 1 aromatic carbocycles. The van der Waals surface area contributed by atoms with Crippen LogP contribution in [0.2, 0.25) is 5.02 Å². The van der Waals surface area contributed by atoms with Gasteiger partial charge in [0.1, 0.15) is 11.4 Å². The highest BCUT2D eigenvalue weighted by molar-refractivity contribution is 6.31. The standard InChI is InChI=1S/C21H29ClFNO4/c1-12(2)14-10-15(18(22)16(23)11-14)17(19(25)26)13-6-8-24(9-7-13)20(27)28-21(3,4)5/h10-13,17H,6-9H2,1-5H3,(H,25,26)/t17-/m0/s1. The van der Waals surface area contributed by atoms with Gasteiger partial charge in [-0.1, -0.05) is 31.5 Å². The average molecular weight is 414 g/mol. The van der Waals surface area contributed by atoms with Gasteiger partial charge in [0, 0.05) is 13.1 Å². The zero-order valence-electron chi connectivity index (χ0n) is 17.1. The van der Waals surface area contributed by atoms with Crippen LogP contribution < -0.4 is 0 Å². The second-order valence-corrected chi connectivity index (χ2v) is 9.06. The number of carboxylic acid groups (broad SMARTS) is 1. The summed E-state index contributed by atoms with van der Waals surface area (Å²) < 4.78 is 19.7. The quantitative estimate of drug-likeness (QED) is 0.715. The molecule has 2 rings (SSSR count). The van der Waals surface area contributed by atoms with Gasteiger partial charge in [-0.15, -0.1) is 0 Å². The first kappa shape index (κ1) is 22.5. The molecule has 1 aliphatic rings. The van der Waals surface area contributed by atoms with Crippen molar-refractivity contribution in [1.29, 1.82) is 0 Å². The average Bonchev–Trinajstić information content (AvgIpc) is 2.57. The molecule has 1 fully saturated rings. The molecule has 156 valence electrons. The topological polar surface area (TPSA) is 66.8 Å². The molecule has 0 spiro atoms. The molecule has 0 aliphatic carbocycles. The fourth-order valence-electron chi connectivity index (χ4n) is 3.52. The molecule has 0 radical (unpaired) electrons. The summed E-state index contributed by atoms with van der Waals surface area (Å²) in [4.78, 5) is 25.9. The number of likely N-dealkylation sites (tertiary alicyclic amines) is 1. The van der Waals surface area contributed by atoms with Gasteiger partial charge in [-0.25, -0.2) is 9.18 Å². The van der Waals surface area contributed by atoms with Crippen molar-refractivity contribution >= 4 is 23.7 Å². The lowest BCUT2D eigenvalue weighted by molar-refractivity contribution is -0.140. The summed E-state index contributed by atoms with van der Waals surface area (Å²) >= 11 is 6.16. The molecule has 0 aromatic heterocycles. The number of piperidine rings is 1. The number of ether oxygens (including phenoxy) is 1. The lowest BCUT2D eigenvalue weighted by Crippen LogP contribution is -2.43. The van der Waals surface area contributed by atoms with E-state index in [4.69, 9.17) is 16.3 Å². The molecule has 1 aliphatic heterocycles. The van der Waals surface area contributed by atoms with Crippen LogP contribution in [0.25, 0.3) is 0 Å². The SMILES string of the molecule is CC(C)c1cc(F)c(Cl)c([C@@H](C(=O)O)C2CCN(C(=O)OC(C)(C)C)CC2)c1. The van der Waals surface area contributed by atoms with Gasteiger partial charge < -0.3 is 14.7 Å². The van der Waals surface area contributed by atoms with Crippen molar-refractivity contribution in [3.8, 4) is 0 Å². The highest BCUT2D eigenvalue weighted by Crippen LogP contribution is 2.39. The largest absolute Gasteiger partial charge is 0.481 e. The van der Waals surface area contributed by atoms with Crippen LogP contribution in [0.5, 0.6) is 0 Å². The monoisotopic (exact) mass is 413 g/mol. The first-order chi connectivity index (χ1) is 12.9. The molecule has 0 unspecified atom stereocenters. The summed E-state index contributed by atoms with van der Waals surface area (Å²) in [6.07, 6.45) is 0.573. The van der Waals surface area contributed by atoms with E-state index in [1.54, 1.807) is 31.7 Å². The Balaban J connectivity index is 2.21. The number of benzene rings is 1. The van der Waals surface area contributed by atoms with Gasteiger partial charge in [-0.3, -0.25) is 4.79 Å². The van der Waals surface area contributed by atoms with Gasteiger partial charge in [0.2, 0.25) is 0 Å². The molecule has 7 heteroatoms. The summed E-state index contributed by atoms with van der Waals surface area (Å²) in [6, 6.07) is 3.07. The molecular weight excluding hydrogens is 385 g/mol. The highest BCUT2D eigenvalue weighted by Gasteiger charge is 2.36. The third kappa shape index (κ3) is 5.37. The van der Waals surface area contributed by atoms with Crippen molar-refractivity contribution in [3.05, 3.63) is 34.1 Å². The second-order valence-electron chi connectivity index (χ2n) is 8.68. The van der Waals surface area contributed by atoms with Crippen LogP contribution in [0.4, 0.5) is 9.18 Å². The fourth-order valence-corrected chi connectivity index (χ4v) is 3.75. The minimum atomic E-state index is -1.03. The van der Waals surface area contributed by atoms with E-state index >= 15 is 0 Å². The molecule has 1 aromatic rings. The number of carboxylic acids is 1.